The quantitative estimate of drug-likeness (QED) is 0.735. The van der Waals surface area contributed by atoms with Crippen LogP contribution in [0.4, 0.5) is 11.4 Å². The van der Waals surface area contributed by atoms with Gasteiger partial charge in [0, 0.05) is 15.8 Å². The lowest BCUT2D eigenvalue weighted by Gasteiger charge is -2.11. The summed E-state index contributed by atoms with van der Waals surface area (Å²) in [4.78, 5) is 12.3. The molecule has 0 aromatic heterocycles. The van der Waals surface area contributed by atoms with Crippen LogP contribution in [0.25, 0.3) is 0 Å². The molecule has 2 aromatic rings. The average Bonchev–Trinajstić information content (AvgIpc) is 2.38. The molecule has 1 amide bonds. The molecule has 3 nitrogen and oxygen atoms in total. The smallest absolute Gasteiger partial charge is 0.257 e. The van der Waals surface area contributed by atoms with Crippen LogP contribution in [-0.2, 0) is 0 Å². The number of nitrogens with one attached hydrogen (secondary N) is 1. The van der Waals surface area contributed by atoms with Gasteiger partial charge in [-0.1, -0.05) is 45.2 Å². The first-order valence-electron chi connectivity index (χ1n) is 5.70. The number of rotatable bonds is 2. The van der Waals surface area contributed by atoms with Crippen LogP contribution in [-0.4, -0.2) is 5.91 Å². The molecule has 20 heavy (non-hydrogen) atoms. The van der Waals surface area contributed by atoms with Crippen molar-refractivity contribution in [2.75, 3.05) is 11.1 Å². The Morgan fingerprint density at radius 2 is 1.95 bits per heavy atom. The number of anilines is 2. The maximum absolute atomic E-state index is 12.3. The maximum atomic E-state index is 12.3. The molecule has 0 aliphatic rings. The van der Waals surface area contributed by atoms with Crippen molar-refractivity contribution in [2.45, 2.75) is 6.92 Å². The van der Waals surface area contributed by atoms with Gasteiger partial charge in [-0.15, -0.1) is 0 Å². The van der Waals surface area contributed by atoms with E-state index < -0.39 is 0 Å². The summed E-state index contributed by atoms with van der Waals surface area (Å²) < 4.78 is 0.870. The van der Waals surface area contributed by atoms with E-state index in [1.54, 1.807) is 0 Å². The number of aryl methyl sites for hydroxylation is 1. The van der Waals surface area contributed by atoms with Gasteiger partial charge in [-0.3, -0.25) is 4.79 Å². The molecule has 0 aliphatic carbocycles. The molecule has 0 heterocycles. The summed E-state index contributed by atoms with van der Waals surface area (Å²) in [6.45, 7) is 1.90. The second kappa shape index (κ2) is 6.04. The zero-order valence-corrected chi connectivity index (χ0v) is 13.6. The van der Waals surface area contributed by atoms with Crippen LogP contribution in [0.3, 0.4) is 0 Å². The second-order valence-corrected chi connectivity index (χ2v) is 5.98. The SMILES string of the molecule is Cc1ccc(Br)cc1NC(=O)c1cc(N)cc(Cl)c1Cl. The van der Waals surface area contributed by atoms with E-state index in [0.717, 1.165) is 10.0 Å². The van der Waals surface area contributed by atoms with Gasteiger partial charge >= 0.3 is 0 Å². The second-order valence-electron chi connectivity index (χ2n) is 4.28. The molecule has 0 unspecified atom stereocenters. The molecule has 2 aromatic carbocycles. The summed E-state index contributed by atoms with van der Waals surface area (Å²) in [6, 6.07) is 8.61. The number of carbonyl (C=O) groups excluding carboxylic acids is 1. The van der Waals surface area contributed by atoms with Gasteiger partial charge in [-0.2, -0.15) is 0 Å². The topological polar surface area (TPSA) is 55.1 Å². The zero-order valence-electron chi connectivity index (χ0n) is 10.5. The highest BCUT2D eigenvalue weighted by Crippen LogP contribution is 2.30. The number of hydrogen-bond donors (Lipinski definition) is 2. The third kappa shape index (κ3) is 3.26. The van der Waals surface area contributed by atoms with Crippen molar-refractivity contribution in [3.05, 3.63) is 56.0 Å². The van der Waals surface area contributed by atoms with Crippen LogP contribution in [0.15, 0.2) is 34.8 Å². The first-order chi connectivity index (χ1) is 9.38. The molecule has 0 atom stereocenters. The normalized spacial score (nSPS) is 10.4. The Kier molecular flexibility index (Phi) is 4.58. The maximum Gasteiger partial charge on any atom is 0.257 e. The predicted molar refractivity (Wildman–Crippen MR) is 87.7 cm³/mol. The number of nitrogen functional groups attached to an aromatic ring is 1. The molecule has 0 bridgehead atoms. The Labute approximate surface area is 135 Å². The fourth-order valence-corrected chi connectivity index (χ4v) is 2.48. The Bertz CT molecular complexity index is 689. The van der Waals surface area contributed by atoms with E-state index in [0.29, 0.717) is 11.4 Å². The molecule has 3 N–H and O–H groups in total. The Balaban J connectivity index is 2.35. The van der Waals surface area contributed by atoms with Gasteiger partial charge in [0.2, 0.25) is 0 Å². The molecule has 0 radical (unpaired) electrons. The van der Waals surface area contributed by atoms with Gasteiger partial charge in [0.25, 0.3) is 5.91 Å². The van der Waals surface area contributed by atoms with E-state index in [9.17, 15) is 4.79 Å². The van der Waals surface area contributed by atoms with E-state index >= 15 is 0 Å². The van der Waals surface area contributed by atoms with Gasteiger partial charge in [-0.25, -0.2) is 0 Å². The summed E-state index contributed by atoms with van der Waals surface area (Å²) in [7, 11) is 0. The van der Waals surface area contributed by atoms with Gasteiger partial charge in [-0.05, 0) is 36.8 Å². The highest BCUT2D eigenvalue weighted by atomic mass is 79.9. The van der Waals surface area contributed by atoms with Gasteiger partial charge in [0.15, 0.2) is 0 Å². The number of halogens is 3. The van der Waals surface area contributed by atoms with Crippen molar-refractivity contribution in [2.24, 2.45) is 0 Å². The summed E-state index contributed by atoms with van der Waals surface area (Å²) >= 11 is 15.3. The van der Waals surface area contributed by atoms with Gasteiger partial charge in [0.05, 0.1) is 15.6 Å². The summed E-state index contributed by atoms with van der Waals surface area (Å²) in [5.41, 5.74) is 7.95. The van der Waals surface area contributed by atoms with E-state index in [2.05, 4.69) is 21.2 Å². The number of benzene rings is 2. The molecule has 0 fully saturated rings. The molecule has 2 rings (SSSR count). The van der Waals surface area contributed by atoms with Gasteiger partial charge < -0.3 is 11.1 Å². The standard InChI is InChI=1S/C14H11BrCl2N2O/c1-7-2-3-8(15)4-12(7)19-14(20)10-5-9(18)6-11(16)13(10)17/h2-6H,18H2,1H3,(H,19,20). The molecule has 104 valence electrons. The average molecular weight is 374 g/mol. The molecule has 0 aliphatic heterocycles. The lowest BCUT2D eigenvalue weighted by molar-refractivity contribution is 0.102. The van der Waals surface area contributed by atoms with Crippen LogP contribution >= 0.6 is 39.1 Å². The first kappa shape index (κ1) is 15.2. The minimum absolute atomic E-state index is 0.186. The van der Waals surface area contributed by atoms with Crippen molar-refractivity contribution < 1.29 is 4.79 Å². The minimum Gasteiger partial charge on any atom is -0.399 e. The molecular weight excluding hydrogens is 363 g/mol. The molecule has 0 saturated carbocycles. The minimum atomic E-state index is -0.356. The number of nitrogens with two attached hydrogens (primary N) is 1. The Hall–Kier alpha value is -1.23. The highest BCUT2D eigenvalue weighted by Gasteiger charge is 2.15. The van der Waals surface area contributed by atoms with Crippen LogP contribution < -0.4 is 11.1 Å². The molecule has 0 saturated heterocycles. The third-order valence-electron chi connectivity index (χ3n) is 2.74. The van der Waals surface area contributed by atoms with Crippen molar-refractivity contribution in [3.63, 3.8) is 0 Å². The monoisotopic (exact) mass is 372 g/mol. The molecular formula is C14H11BrCl2N2O. The van der Waals surface area contributed by atoms with Crippen molar-refractivity contribution in [1.29, 1.82) is 0 Å². The Morgan fingerprint density at radius 3 is 2.65 bits per heavy atom. The van der Waals surface area contributed by atoms with Crippen molar-refractivity contribution in [3.8, 4) is 0 Å². The number of amides is 1. The molecule has 0 spiro atoms. The van der Waals surface area contributed by atoms with Crippen LogP contribution in [0.2, 0.25) is 10.0 Å². The predicted octanol–water partition coefficient (Wildman–Crippen LogP) is 4.90. The third-order valence-corrected chi connectivity index (χ3v) is 4.04. The van der Waals surface area contributed by atoms with E-state index in [1.807, 2.05) is 25.1 Å². The van der Waals surface area contributed by atoms with Crippen LogP contribution in [0.1, 0.15) is 15.9 Å². The zero-order chi connectivity index (χ0) is 14.9. The largest absolute Gasteiger partial charge is 0.399 e. The number of hydrogen-bond acceptors (Lipinski definition) is 2. The van der Waals surface area contributed by atoms with Crippen LogP contribution in [0, 0.1) is 6.92 Å². The van der Waals surface area contributed by atoms with E-state index in [4.69, 9.17) is 28.9 Å². The van der Waals surface area contributed by atoms with E-state index in [-0.39, 0.29) is 21.5 Å². The Morgan fingerprint density at radius 1 is 1.25 bits per heavy atom. The fraction of sp³-hybridized carbons (Fsp3) is 0.0714. The summed E-state index contributed by atoms with van der Waals surface area (Å²) in [6.07, 6.45) is 0. The lowest BCUT2D eigenvalue weighted by Crippen LogP contribution is -2.14. The molecule has 6 heteroatoms. The van der Waals surface area contributed by atoms with Crippen molar-refractivity contribution in [1.82, 2.24) is 0 Å². The highest BCUT2D eigenvalue weighted by molar-refractivity contribution is 9.10. The summed E-state index contributed by atoms with van der Waals surface area (Å²) in [5.74, 6) is -0.356. The lowest BCUT2D eigenvalue weighted by atomic mass is 10.1. The van der Waals surface area contributed by atoms with Crippen LogP contribution in [0.5, 0.6) is 0 Å². The fourth-order valence-electron chi connectivity index (χ4n) is 1.69. The first-order valence-corrected chi connectivity index (χ1v) is 7.25. The van der Waals surface area contributed by atoms with Gasteiger partial charge in [0.1, 0.15) is 0 Å². The number of carbonyl (C=O) groups is 1. The van der Waals surface area contributed by atoms with Crippen molar-refractivity contribution >= 4 is 56.4 Å². The van der Waals surface area contributed by atoms with E-state index in [1.165, 1.54) is 12.1 Å². The summed E-state index contributed by atoms with van der Waals surface area (Å²) in [5, 5.41) is 3.23.